The SMILES string of the molecule is COCC(C)(COC(C)=O)C(=O)OCCC[P+](C)(C)C. The Labute approximate surface area is 122 Å². The molecule has 0 heterocycles. The third-order valence-electron chi connectivity index (χ3n) is 2.76. The second kappa shape index (κ2) is 8.58. The summed E-state index contributed by atoms with van der Waals surface area (Å²) in [7, 11) is 0.663. The van der Waals surface area contributed by atoms with Crippen LogP contribution in [0.15, 0.2) is 0 Å². The van der Waals surface area contributed by atoms with Crippen LogP contribution < -0.4 is 0 Å². The van der Waals surface area contributed by atoms with Gasteiger partial charge in [0.25, 0.3) is 0 Å². The van der Waals surface area contributed by atoms with Gasteiger partial charge in [-0.05, 0) is 6.92 Å². The van der Waals surface area contributed by atoms with E-state index < -0.39 is 18.6 Å². The molecule has 0 amide bonds. The topological polar surface area (TPSA) is 61.8 Å². The highest BCUT2D eigenvalue weighted by atomic mass is 31.2. The Balaban J connectivity index is 4.31. The minimum Gasteiger partial charge on any atom is -0.465 e. The first-order valence-electron chi connectivity index (χ1n) is 6.71. The highest BCUT2D eigenvalue weighted by Crippen LogP contribution is 2.46. The molecule has 5 nitrogen and oxygen atoms in total. The maximum atomic E-state index is 12.1. The second-order valence-electron chi connectivity index (χ2n) is 6.28. The van der Waals surface area contributed by atoms with Crippen molar-refractivity contribution in [3.63, 3.8) is 0 Å². The van der Waals surface area contributed by atoms with E-state index in [-0.39, 0.29) is 19.2 Å². The van der Waals surface area contributed by atoms with Gasteiger partial charge in [-0.1, -0.05) is 0 Å². The fourth-order valence-electron chi connectivity index (χ4n) is 1.62. The number of rotatable bonds is 9. The van der Waals surface area contributed by atoms with Crippen molar-refractivity contribution in [2.75, 3.05) is 53.1 Å². The molecule has 0 radical (unpaired) electrons. The number of carbonyl (C=O) groups is 2. The molecule has 0 aliphatic heterocycles. The van der Waals surface area contributed by atoms with Crippen LogP contribution in [0.3, 0.4) is 0 Å². The van der Waals surface area contributed by atoms with E-state index in [1.165, 1.54) is 14.0 Å². The highest BCUT2D eigenvalue weighted by Gasteiger charge is 2.36. The normalized spacial score (nSPS) is 14.5. The molecule has 0 rings (SSSR count). The largest absolute Gasteiger partial charge is 0.465 e. The first-order valence-corrected chi connectivity index (χ1v) is 10.0. The number of carbonyl (C=O) groups excluding carboxylic acids is 2. The first-order chi connectivity index (χ1) is 9.10. The van der Waals surface area contributed by atoms with Crippen LogP contribution in [0.2, 0.25) is 0 Å². The van der Waals surface area contributed by atoms with Crippen LogP contribution >= 0.6 is 7.26 Å². The molecular formula is C14H28O5P+. The highest BCUT2D eigenvalue weighted by molar-refractivity contribution is 7.73. The average Bonchev–Trinajstić information content (AvgIpc) is 2.31. The van der Waals surface area contributed by atoms with E-state index in [9.17, 15) is 9.59 Å². The second-order valence-corrected chi connectivity index (χ2v) is 11.3. The number of esters is 2. The first kappa shape index (κ1) is 19.3. The summed E-state index contributed by atoms with van der Waals surface area (Å²) in [5, 5.41) is 0. The van der Waals surface area contributed by atoms with Crippen LogP contribution in [-0.4, -0.2) is 65.0 Å². The summed E-state index contributed by atoms with van der Waals surface area (Å²) < 4.78 is 15.3. The van der Waals surface area contributed by atoms with Gasteiger partial charge in [-0.2, -0.15) is 0 Å². The lowest BCUT2D eigenvalue weighted by atomic mass is 9.93. The minimum absolute atomic E-state index is 0.0265. The van der Waals surface area contributed by atoms with Crippen LogP contribution in [0.4, 0.5) is 0 Å². The Hall–Kier alpha value is -0.670. The monoisotopic (exact) mass is 307 g/mol. The molecule has 0 N–H and O–H groups in total. The summed E-state index contributed by atoms with van der Waals surface area (Å²) in [6.07, 6.45) is 1.95. The average molecular weight is 307 g/mol. The van der Waals surface area contributed by atoms with Gasteiger partial charge >= 0.3 is 11.9 Å². The number of ether oxygens (including phenoxy) is 3. The minimum atomic E-state index is -0.947. The Morgan fingerprint density at radius 2 is 1.70 bits per heavy atom. The third-order valence-corrected chi connectivity index (χ3v) is 4.41. The Morgan fingerprint density at radius 1 is 1.10 bits per heavy atom. The summed E-state index contributed by atoms with van der Waals surface area (Å²) >= 11 is 0. The van der Waals surface area contributed by atoms with Gasteiger partial charge in [-0.3, -0.25) is 9.59 Å². The van der Waals surface area contributed by atoms with Gasteiger partial charge in [0.1, 0.15) is 12.0 Å². The molecule has 0 saturated carbocycles. The summed E-state index contributed by atoms with van der Waals surface area (Å²) in [6, 6.07) is 0. The van der Waals surface area contributed by atoms with Gasteiger partial charge in [0.15, 0.2) is 0 Å². The quantitative estimate of drug-likeness (QED) is 0.370. The maximum absolute atomic E-state index is 12.1. The molecule has 0 aliphatic carbocycles. The molecule has 0 fully saturated rings. The molecule has 0 spiro atoms. The van der Waals surface area contributed by atoms with E-state index in [1.54, 1.807) is 6.92 Å². The Kier molecular flexibility index (Phi) is 8.29. The van der Waals surface area contributed by atoms with Gasteiger partial charge in [-0.15, -0.1) is 0 Å². The summed E-state index contributed by atoms with van der Waals surface area (Å²) in [6.45, 7) is 10.3. The van der Waals surface area contributed by atoms with Crippen molar-refractivity contribution >= 4 is 19.2 Å². The standard InChI is InChI=1S/C14H28O5P/c1-12(15)19-11-14(2,10-17-3)13(16)18-8-7-9-20(4,5)6/h7-11H2,1-6H3/q+1. The van der Waals surface area contributed by atoms with Crippen molar-refractivity contribution < 1.29 is 23.8 Å². The van der Waals surface area contributed by atoms with Gasteiger partial charge in [0.05, 0.1) is 19.4 Å². The van der Waals surface area contributed by atoms with E-state index in [0.29, 0.717) is 6.61 Å². The molecule has 0 aromatic rings. The molecule has 0 aliphatic rings. The van der Waals surface area contributed by atoms with Crippen LogP contribution in [0.25, 0.3) is 0 Å². The van der Waals surface area contributed by atoms with Gasteiger partial charge in [0.2, 0.25) is 0 Å². The van der Waals surface area contributed by atoms with E-state index in [1.807, 2.05) is 0 Å². The fraction of sp³-hybridized carbons (Fsp3) is 0.857. The molecule has 0 aromatic heterocycles. The molecule has 20 heavy (non-hydrogen) atoms. The lowest BCUT2D eigenvalue weighted by Crippen LogP contribution is -2.39. The molecular weight excluding hydrogens is 279 g/mol. The van der Waals surface area contributed by atoms with Crippen molar-refractivity contribution in [1.29, 1.82) is 0 Å². The van der Waals surface area contributed by atoms with Crippen molar-refractivity contribution in [1.82, 2.24) is 0 Å². The van der Waals surface area contributed by atoms with Crippen molar-refractivity contribution in [2.24, 2.45) is 5.41 Å². The maximum Gasteiger partial charge on any atom is 0.317 e. The van der Waals surface area contributed by atoms with Crippen LogP contribution in [0.5, 0.6) is 0 Å². The molecule has 0 bridgehead atoms. The Morgan fingerprint density at radius 3 is 2.15 bits per heavy atom. The van der Waals surface area contributed by atoms with Crippen LogP contribution in [0, 0.1) is 5.41 Å². The summed E-state index contributed by atoms with van der Waals surface area (Å²) in [5.41, 5.74) is -0.947. The predicted octanol–water partition coefficient (Wildman–Crippen LogP) is 2.04. The van der Waals surface area contributed by atoms with Crippen molar-refractivity contribution in [2.45, 2.75) is 20.3 Å². The zero-order valence-corrected chi connectivity index (χ0v) is 14.4. The molecule has 6 heteroatoms. The summed E-state index contributed by atoms with van der Waals surface area (Å²) in [5.74, 6) is -0.800. The van der Waals surface area contributed by atoms with Crippen molar-refractivity contribution in [3.8, 4) is 0 Å². The van der Waals surface area contributed by atoms with Gasteiger partial charge in [0, 0.05) is 47.7 Å². The zero-order valence-electron chi connectivity index (χ0n) is 13.5. The smallest absolute Gasteiger partial charge is 0.317 e. The van der Waals surface area contributed by atoms with E-state index in [2.05, 4.69) is 20.0 Å². The van der Waals surface area contributed by atoms with Crippen LogP contribution in [-0.2, 0) is 23.8 Å². The lowest BCUT2D eigenvalue weighted by Gasteiger charge is -2.25. The molecule has 0 saturated heterocycles. The molecule has 118 valence electrons. The van der Waals surface area contributed by atoms with Crippen molar-refractivity contribution in [3.05, 3.63) is 0 Å². The number of methoxy groups -OCH3 is 1. The third kappa shape index (κ3) is 8.49. The summed E-state index contributed by atoms with van der Waals surface area (Å²) in [4.78, 5) is 23.0. The Bertz CT molecular complexity index is 324. The predicted molar refractivity (Wildman–Crippen MR) is 81.8 cm³/mol. The molecule has 1 unspecified atom stereocenters. The van der Waals surface area contributed by atoms with E-state index in [0.717, 1.165) is 12.6 Å². The lowest BCUT2D eigenvalue weighted by molar-refractivity contribution is -0.165. The van der Waals surface area contributed by atoms with E-state index >= 15 is 0 Å². The fourth-order valence-corrected chi connectivity index (χ4v) is 2.69. The number of hydrogen-bond acceptors (Lipinski definition) is 5. The molecule has 1 atom stereocenters. The van der Waals surface area contributed by atoms with Gasteiger partial charge < -0.3 is 14.2 Å². The van der Waals surface area contributed by atoms with Crippen LogP contribution in [0.1, 0.15) is 20.3 Å². The zero-order chi connectivity index (χ0) is 15.8. The molecule has 0 aromatic carbocycles. The van der Waals surface area contributed by atoms with E-state index in [4.69, 9.17) is 14.2 Å². The van der Waals surface area contributed by atoms with Gasteiger partial charge in [-0.25, -0.2) is 0 Å². The number of hydrogen-bond donors (Lipinski definition) is 0.